The number of piperidine rings is 1. The molecule has 156 valence electrons. The van der Waals surface area contributed by atoms with Crippen molar-refractivity contribution in [1.82, 2.24) is 10.2 Å². The van der Waals surface area contributed by atoms with Crippen LogP contribution in [0.1, 0.15) is 28.8 Å². The number of rotatable bonds is 7. The van der Waals surface area contributed by atoms with Crippen molar-refractivity contribution in [3.8, 4) is 0 Å². The maximum absolute atomic E-state index is 12.8. The first kappa shape index (κ1) is 23.3. The summed E-state index contributed by atoms with van der Waals surface area (Å²) in [6.07, 6.45) is 1.66. The molecule has 29 heavy (non-hydrogen) atoms. The summed E-state index contributed by atoms with van der Waals surface area (Å²) in [6.45, 7) is 2.07. The number of likely N-dealkylation sites (tertiary alicyclic amines) is 1. The number of amides is 2. The molecule has 0 aliphatic carbocycles. The first-order chi connectivity index (χ1) is 13.7. The van der Waals surface area contributed by atoms with Gasteiger partial charge in [0, 0.05) is 42.4 Å². The van der Waals surface area contributed by atoms with Crippen LogP contribution in [-0.4, -0.2) is 42.9 Å². The molecule has 1 aliphatic heterocycles. The lowest BCUT2D eigenvalue weighted by molar-refractivity contribution is -0.126. The number of carbonyl (C=O) groups excluding carboxylic acids is 2. The van der Waals surface area contributed by atoms with E-state index >= 15 is 0 Å². The number of halogens is 1. The second kappa shape index (κ2) is 11.9. The summed E-state index contributed by atoms with van der Waals surface area (Å²) in [5, 5.41) is 2.83. The van der Waals surface area contributed by atoms with Crippen LogP contribution in [0.15, 0.2) is 59.5 Å². The number of nitrogens with zero attached hydrogens (tertiary/aromatic N) is 1. The van der Waals surface area contributed by atoms with Gasteiger partial charge in [0.15, 0.2) is 0 Å². The van der Waals surface area contributed by atoms with E-state index < -0.39 is 0 Å². The van der Waals surface area contributed by atoms with Gasteiger partial charge in [0.25, 0.3) is 5.91 Å². The van der Waals surface area contributed by atoms with E-state index in [4.69, 9.17) is 5.73 Å². The second-order valence-electron chi connectivity index (χ2n) is 6.97. The Bertz CT molecular complexity index is 786. The van der Waals surface area contributed by atoms with Crippen molar-refractivity contribution >= 4 is 36.0 Å². The zero-order valence-electron chi connectivity index (χ0n) is 16.4. The van der Waals surface area contributed by atoms with Gasteiger partial charge >= 0.3 is 0 Å². The predicted molar refractivity (Wildman–Crippen MR) is 120 cm³/mol. The fraction of sp³-hybridized carbons (Fsp3) is 0.364. The van der Waals surface area contributed by atoms with Gasteiger partial charge in [-0.3, -0.25) is 9.59 Å². The van der Waals surface area contributed by atoms with Gasteiger partial charge in [0.2, 0.25) is 5.91 Å². The van der Waals surface area contributed by atoms with Gasteiger partial charge in [0.05, 0.1) is 5.92 Å². The molecule has 1 saturated heterocycles. The summed E-state index contributed by atoms with van der Waals surface area (Å²) < 4.78 is 0. The molecule has 0 aromatic heterocycles. The largest absolute Gasteiger partial charge is 0.355 e. The number of benzene rings is 2. The zero-order valence-corrected chi connectivity index (χ0v) is 18.0. The number of nitrogens with two attached hydrogens (primary N) is 1. The molecule has 1 atom stereocenters. The Morgan fingerprint density at radius 1 is 1.10 bits per heavy atom. The third-order valence-electron chi connectivity index (χ3n) is 4.87. The summed E-state index contributed by atoms with van der Waals surface area (Å²) in [5.74, 6) is 0.747. The summed E-state index contributed by atoms with van der Waals surface area (Å²) in [7, 11) is 0. The van der Waals surface area contributed by atoms with Gasteiger partial charge in [-0.2, -0.15) is 0 Å². The lowest BCUT2D eigenvalue weighted by atomic mass is 9.96. The van der Waals surface area contributed by atoms with Crippen molar-refractivity contribution in [2.24, 2.45) is 11.7 Å². The topological polar surface area (TPSA) is 75.4 Å². The number of hydrogen-bond donors (Lipinski definition) is 2. The third-order valence-corrected chi connectivity index (χ3v) is 5.96. The molecule has 7 heteroatoms. The van der Waals surface area contributed by atoms with Gasteiger partial charge in [-0.1, -0.05) is 30.3 Å². The van der Waals surface area contributed by atoms with Crippen molar-refractivity contribution in [3.63, 3.8) is 0 Å². The average Bonchev–Trinajstić information content (AvgIpc) is 2.76. The molecule has 3 N–H and O–H groups in total. The normalized spacial score (nSPS) is 16.0. The number of carbonyl (C=O) groups is 2. The molecule has 2 aromatic carbocycles. The monoisotopic (exact) mass is 433 g/mol. The molecule has 0 bridgehead atoms. The van der Waals surface area contributed by atoms with Crippen LogP contribution in [0.5, 0.6) is 0 Å². The quantitative estimate of drug-likeness (QED) is 0.657. The second-order valence-corrected chi connectivity index (χ2v) is 8.02. The third kappa shape index (κ3) is 6.77. The predicted octanol–water partition coefficient (Wildman–Crippen LogP) is 3.33. The number of hydrogen-bond acceptors (Lipinski definition) is 4. The molecule has 1 fully saturated rings. The summed E-state index contributed by atoms with van der Waals surface area (Å²) in [6, 6.07) is 18.1. The van der Waals surface area contributed by atoms with Crippen molar-refractivity contribution in [3.05, 3.63) is 65.7 Å². The molecule has 3 rings (SSSR count). The molecule has 5 nitrogen and oxygen atoms in total. The van der Waals surface area contributed by atoms with Crippen LogP contribution in [0.3, 0.4) is 0 Å². The lowest BCUT2D eigenvalue weighted by Crippen LogP contribution is -2.46. The van der Waals surface area contributed by atoms with Crippen molar-refractivity contribution in [2.75, 3.05) is 26.2 Å². The Labute approximate surface area is 182 Å². The van der Waals surface area contributed by atoms with Gasteiger partial charge in [-0.25, -0.2) is 0 Å². The fourth-order valence-electron chi connectivity index (χ4n) is 3.33. The highest BCUT2D eigenvalue weighted by atomic mass is 35.5. The first-order valence-corrected chi connectivity index (χ1v) is 10.7. The highest BCUT2D eigenvalue weighted by Gasteiger charge is 2.28. The van der Waals surface area contributed by atoms with Crippen molar-refractivity contribution < 1.29 is 9.59 Å². The smallest absolute Gasteiger partial charge is 0.253 e. The van der Waals surface area contributed by atoms with Gasteiger partial charge in [-0.05, 0) is 42.7 Å². The molecule has 1 aliphatic rings. The van der Waals surface area contributed by atoms with Gasteiger partial charge in [-0.15, -0.1) is 24.2 Å². The van der Waals surface area contributed by atoms with Crippen LogP contribution in [-0.2, 0) is 10.5 Å². The maximum Gasteiger partial charge on any atom is 0.253 e. The Kier molecular flexibility index (Phi) is 9.51. The van der Waals surface area contributed by atoms with E-state index in [0.717, 1.165) is 23.5 Å². The van der Waals surface area contributed by atoms with E-state index in [2.05, 4.69) is 17.4 Å². The highest BCUT2D eigenvalue weighted by molar-refractivity contribution is 7.98. The fourth-order valence-corrected chi connectivity index (χ4v) is 4.19. The Morgan fingerprint density at radius 2 is 1.83 bits per heavy atom. The first-order valence-electron chi connectivity index (χ1n) is 9.71. The maximum atomic E-state index is 12.8. The molecule has 1 heterocycles. The lowest BCUT2D eigenvalue weighted by Gasteiger charge is -2.32. The molecule has 2 amide bonds. The standard InChI is InChI=1S/C22H27N3O2S.ClH/c23-12-13-24-21(26)19-7-4-14-25(15-19)22(27)18-8-10-20(11-9-18)28-16-17-5-2-1-3-6-17;/h1-3,5-6,8-11,19H,4,7,12-16,23H2,(H,24,26);1H. The highest BCUT2D eigenvalue weighted by Crippen LogP contribution is 2.24. The van der Waals surface area contributed by atoms with Crippen LogP contribution in [0, 0.1) is 5.92 Å². The average molecular weight is 434 g/mol. The Morgan fingerprint density at radius 3 is 2.52 bits per heavy atom. The minimum Gasteiger partial charge on any atom is -0.355 e. The molecule has 1 unspecified atom stereocenters. The molecular weight excluding hydrogens is 406 g/mol. The summed E-state index contributed by atoms with van der Waals surface area (Å²) in [5.41, 5.74) is 7.39. The van der Waals surface area contributed by atoms with E-state index in [-0.39, 0.29) is 30.1 Å². The zero-order chi connectivity index (χ0) is 19.8. The molecular formula is C22H28ClN3O2S. The van der Waals surface area contributed by atoms with E-state index in [1.165, 1.54) is 5.56 Å². The minimum absolute atomic E-state index is 0. The summed E-state index contributed by atoms with van der Waals surface area (Å²) in [4.78, 5) is 28.0. The number of nitrogens with one attached hydrogen (secondary N) is 1. The van der Waals surface area contributed by atoms with Crippen LogP contribution in [0.2, 0.25) is 0 Å². The van der Waals surface area contributed by atoms with Crippen LogP contribution in [0.4, 0.5) is 0 Å². The molecule has 0 spiro atoms. The van der Waals surface area contributed by atoms with Gasteiger partial charge in [0.1, 0.15) is 0 Å². The van der Waals surface area contributed by atoms with Gasteiger partial charge < -0.3 is 16.0 Å². The van der Waals surface area contributed by atoms with Crippen LogP contribution in [0.25, 0.3) is 0 Å². The molecule has 2 aromatic rings. The summed E-state index contributed by atoms with van der Waals surface area (Å²) >= 11 is 1.75. The molecule has 0 radical (unpaired) electrons. The van der Waals surface area contributed by atoms with E-state index in [9.17, 15) is 9.59 Å². The van der Waals surface area contributed by atoms with E-state index in [1.807, 2.05) is 42.5 Å². The minimum atomic E-state index is -0.148. The van der Waals surface area contributed by atoms with Crippen LogP contribution >= 0.6 is 24.2 Å². The van der Waals surface area contributed by atoms with Crippen LogP contribution < -0.4 is 11.1 Å². The molecule has 0 saturated carbocycles. The van der Waals surface area contributed by atoms with Crippen molar-refractivity contribution in [1.29, 1.82) is 0 Å². The van der Waals surface area contributed by atoms with Crippen molar-refractivity contribution in [2.45, 2.75) is 23.5 Å². The Balaban J connectivity index is 0.00000300. The number of thioether (sulfide) groups is 1. The SMILES string of the molecule is Cl.NCCNC(=O)C1CCCN(C(=O)c2ccc(SCc3ccccc3)cc2)C1. The van der Waals surface area contributed by atoms with E-state index in [1.54, 1.807) is 16.7 Å². The van der Waals surface area contributed by atoms with E-state index in [0.29, 0.717) is 31.7 Å². The Hall–Kier alpha value is -2.02.